The van der Waals surface area contributed by atoms with Gasteiger partial charge < -0.3 is 0 Å². The molecule has 0 heterocycles. The molecule has 2 aliphatic rings. The van der Waals surface area contributed by atoms with E-state index in [4.69, 9.17) is 0 Å². The zero-order valence-corrected chi connectivity index (χ0v) is 42.0. The summed E-state index contributed by atoms with van der Waals surface area (Å²) < 4.78 is 0. The predicted octanol–water partition coefficient (Wildman–Crippen LogP) is 17.2. The van der Waals surface area contributed by atoms with Gasteiger partial charge in [0.25, 0.3) is 0 Å². The largest absolute Gasteiger partial charge is 0.0911 e. The van der Waals surface area contributed by atoms with Gasteiger partial charge in [-0.2, -0.15) is 0 Å². The Labute approximate surface area is 403 Å². The number of hydrogen-bond donors (Lipinski definition) is 0. The third-order valence-corrected chi connectivity index (χ3v) is 19.3. The standard InChI is InChI=1S/C66H56Si2/c1-43-22-10-9-21-39-66(59-31-19-17-25-48(43)59)60-32-20-18-26-49(60)50-36-33-45(40-61(50)66)63-52-28-14-16-30-54(52)65(58-42-47(68(5,6)7)35-38-56(58)63)64-53-29-15-13-27-51(53)62(44-23-11-8-12-24-44)55-37-34-46(41-57(55)64)67(2,3)4/h8-38,40-42H,1,39H2,2-7H3/b21-9-,22-10-. The summed E-state index contributed by atoms with van der Waals surface area (Å²) in [5, 5.41) is 13.4. The first-order valence-electron chi connectivity index (χ1n) is 24.3. The maximum absolute atomic E-state index is 4.61. The van der Waals surface area contributed by atoms with E-state index in [1.165, 1.54) is 120 Å². The average molecular weight is 905 g/mol. The van der Waals surface area contributed by atoms with Crippen LogP contribution in [0.5, 0.6) is 0 Å². The van der Waals surface area contributed by atoms with Gasteiger partial charge in [-0.15, -0.1) is 0 Å². The Kier molecular flexibility index (Phi) is 9.78. The molecule has 1 spiro atoms. The fraction of sp³-hybridized carbons (Fsp3) is 0.121. The number of rotatable bonds is 5. The van der Waals surface area contributed by atoms with E-state index in [2.05, 4.69) is 252 Å². The molecule has 2 heteroatoms. The van der Waals surface area contributed by atoms with Gasteiger partial charge in [0, 0.05) is 0 Å². The number of fused-ring (bicyclic) bond motifs is 11. The molecule has 2 aliphatic carbocycles. The maximum atomic E-state index is 4.61. The van der Waals surface area contributed by atoms with Crippen LogP contribution >= 0.6 is 0 Å². The second-order valence-electron chi connectivity index (χ2n) is 21.3. The molecule has 328 valence electrons. The van der Waals surface area contributed by atoms with Crippen LogP contribution in [0.2, 0.25) is 39.3 Å². The van der Waals surface area contributed by atoms with Crippen LogP contribution in [0.1, 0.15) is 28.7 Å². The highest BCUT2D eigenvalue weighted by Crippen LogP contribution is 2.58. The van der Waals surface area contributed by atoms with Gasteiger partial charge in [-0.3, -0.25) is 0 Å². The van der Waals surface area contributed by atoms with Crippen molar-refractivity contribution in [2.24, 2.45) is 0 Å². The number of hydrogen-bond acceptors (Lipinski definition) is 0. The Bertz CT molecular complexity index is 3800. The minimum atomic E-state index is -1.78. The highest BCUT2D eigenvalue weighted by Gasteiger charge is 2.45. The highest BCUT2D eigenvalue weighted by atomic mass is 28.3. The van der Waals surface area contributed by atoms with Crippen LogP contribution in [-0.2, 0) is 5.41 Å². The zero-order chi connectivity index (χ0) is 46.5. The van der Waals surface area contributed by atoms with Crippen molar-refractivity contribution in [3.63, 3.8) is 0 Å². The Morgan fingerprint density at radius 2 is 0.824 bits per heavy atom. The lowest BCUT2D eigenvalue weighted by atomic mass is 9.67. The molecular formula is C66H56Si2. The second kappa shape index (κ2) is 15.7. The quantitative estimate of drug-likeness (QED) is 0.119. The molecule has 0 bridgehead atoms. The minimum Gasteiger partial charge on any atom is -0.0911 e. The molecule has 0 radical (unpaired) electrons. The molecule has 1 unspecified atom stereocenters. The van der Waals surface area contributed by atoms with Crippen molar-refractivity contribution in [2.45, 2.75) is 51.1 Å². The summed E-state index contributed by atoms with van der Waals surface area (Å²) in [5.41, 5.74) is 16.3. The van der Waals surface area contributed by atoms with Crippen LogP contribution in [0.3, 0.4) is 0 Å². The van der Waals surface area contributed by atoms with E-state index in [9.17, 15) is 0 Å². The molecule has 0 N–H and O–H groups in total. The zero-order valence-electron chi connectivity index (χ0n) is 40.0. The summed E-state index contributed by atoms with van der Waals surface area (Å²) in [6, 6.07) is 70.1. The van der Waals surface area contributed by atoms with E-state index in [1.54, 1.807) is 0 Å². The molecular weight excluding hydrogens is 849 g/mol. The summed E-state index contributed by atoms with van der Waals surface area (Å²) in [6.45, 7) is 19.5. The first-order chi connectivity index (χ1) is 32.9. The minimum absolute atomic E-state index is 0.410. The first kappa shape index (κ1) is 42.3. The third kappa shape index (κ3) is 6.45. The molecule has 10 aromatic rings. The molecule has 10 aromatic carbocycles. The van der Waals surface area contributed by atoms with Crippen molar-refractivity contribution in [1.29, 1.82) is 0 Å². The van der Waals surface area contributed by atoms with Crippen LogP contribution in [0.15, 0.2) is 213 Å². The van der Waals surface area contributed by atoms with Gasteiger partial charge in [0.1, 0.15) is 0 Å². The summed E-state index contributed by atoms with van der Waals surface area (Å²) in [5.74, 6) is 0. The van der Waals surface area contributed by atoms with Gasteiger partial charge in [0.2, 0.25) is 0 Å². The lowest BCUT2D eigenvalue weighted by molar-refractivity contribution is 0.644. The van der Waals surface area contributed by atoms with Gasteiger partial charge in [-0.25, -0.2) is 0 Å². The van der Waals surface area contributed by atoms with E-state index in [1.807, 2.05) is 0 Å². The Morgan fingerprint density at radius 1 is 0.368 bits per heavy atom. The first-order valence-corrected chi connectivity index (χ1v) is 31.3. The normalized spacial score (nSPS) is 16.6. The Hall–Kier alpha value is -7.11. The summed E-state index contributed by atoms with van der Waals surface area (Å²) in [6.07, 6.45) is 9.74. The molecule has 0 aliphatic heterocycles. The van der Waals surface area contributed by atoms with Crippen LogP contribution in [0, 0.1) is 0 Å². The van der Waals surface area contributed by atoms with Crippen molar-refractivity contribution in [3.8, 4) is 44.5 Å². The molecule has 68 heavy (non-hydrogen) atoms. The molecule has 0 aromatic heterocycles. The van der Waals surface area contributed by atoms with E-state index >= 15 is 0 Å². The van der Waals surface area contributed by atoms with Gasteiger partial charge in [0.15, 0.2) is 0 Å². The summed E-state index contributed by atoms with van der Waals surface area (Å²) in [7, 11) is -3.50. The van der Waals surface area contributed by atoms with Crippen LogP contribution < -0.4 is 10.4 Å². The second-order valence-corrected chi connectivity index (χ2v) is 31.4. The predicted molar refractivity (Wildman–Crippen MR) is 302 cm³/mol. The monoisotopic (exact) mass is 904 g/mol. The van der Waals surface area contributed by atoms with Crippen molar-refractivity contribution in [2.75, 3.05) is 0 Å². The average Bonchev–Trinajstić information content (AvgIpc) is 3.66. The molecule has 0 fully saturated rings. The summed E-state index contributed by atoms with van der Waals surface area (Å²) in [4.78, 5) is 0. The Balaban J connectivity index is 1.23. The summed E-state index contributed by atoms with van der Waals surface area (Å²) >= 11 is 0. The SMILES string of the molecule is C=C1/C=C\C=C/CC2(c3ccccc31)c1ccccc1-c1ccc(-c3c4ccccc4c(-c4c5ccccc5c(-c5ccccc5)c5ccc([Si](C)(C)C)cc45)c4cc([Si](C)(C)C)ccc34)cc12. The fourth-order valence-corrected chi connectivity index (χ4v) is 14.2. The van der Waals surface area contributed by atoms with Crippen LogP contribution in [0.4, 0.5) is 0 Å². The number of benzene rings is 10. The third-order valence-electron chi connectivity index (χ3n) is 15.2. The van der Waals surface area contributed by atoms with Gasteiger partial charge in [0.05, 0.1) is 21.6 Å². The lowest BCUT2D eigenvalue weighted by Gasteiger charge is -2.34. The molecule has 12 rings (SSSR count). The molecule has 0 saturated carbocycles. The lowest BCUT2D eigenvalue weighted by Crippen LogP contribution is -2.37. The van der Waals surface area contributed by atoms with E-state index < -0.39 is 21.6 Å². The van der Waals surface area contributed by atoms with Crippen molar-refractivity contribution >= 4 is 75.2 Å². The van der Waals surface area contributed by atoms with Crippen LogP contribution in [-0.4, -0.2) is 16.1 Å². The smallest absolute Gasteiger partial charge is 0.0776 e. The van der Waals surface area contributed by atoms with Crippen molar-refractivity contribution < 1.29 is 0 Å². The Morgan fingerprint density at radius 3 is 1.40 bits per heavy atom. The topological polar surface area (TPSA) is 0 Å². The van der Waals surface area contributed by atoms with E-state index in [-0.39, 0.29) is 0 Å². The molecule has 0 saturated heterocycles. The van der Waals surface area contributed by atoms with Crippen molar-refractivity contribution in [3.05, 3.63) is 235 Å². The van der Waals surface area contributed by atoms with Gasteiger partial charge in [-0.05, 0) is 128 Å². The molecule has 0 amide bonds. The highest BCUT2D eigenvalue weighted by molar-refractivity contribution is 6.89. The van der Waals surface area contributed by atoms with Crippen molar-refractivity contribution in [1.82, 2.24) is 0 Å². The maximum Gasteiger partial charge on any atom is 0.0776 e. The fourth-order valence-electron chi connectivity index (χ4n) is 11.9. The molecule has 1 atom stereocenters. The van der Waals surface area contributed by atoms with E-state index in [0.29, 0.717) is 0 Å². The molecule has 0 nitrogen and oxygen atoms in total. The number of allylic oxidation sites excluding steroid dienone is 5. The van der Waals surface area contributed by atoms with Crippen LogP contribution in [0.25, 0.3) is 93.2 Å². The van der Waals surface area contributed by atoms with Gasteiger partial charge >= 0.3 is 0 Å². The van der Waals surface area contributed by atoms with E-state index in [0.717, 1.165) is 12.0 Å². The van der Waals surface area contributed by atoms with Gasteiger partial charge in [-0.1, -0.05) is 256 Å².